The first kappa shape index (κ1) is 29.2. The van der Waals surface area contributed by atoms with E-state index in [1.807, 2.05) is 0 Å². The van der Waals surface area contributed by atoms with E-state index in [1.54, 1.807) is 0 Å². The zero-order valence-corrected chi connectivity index (χ0v) is 7.55. The van der Waals surface area contributed by atoms with Crippen LogP contribution < -0.4 is 0 Å². The third-order valence-electron chi connectivity index (χ3n) is 0.963. The molecule has 93 valence electrons. The van der Waals surface area contributed by atoms with Gasteiger partial charge in [-0.05, 0) is 0 Å². The molecular weight excluding hydrogens is 256 g/mol. The zero-order chi connectivity index (χ0) is 7.72. The van der Waals surface area contributed by atoms with Crippen molar-refractivity contribution >= 4 is 12.6 Å². The summed E-state index contributed by atoms with van der Waals surface area (Å²) in [4.78, 5) is -0.568. The Morgan fingerprint density at radius 1 is 0.733 bits per heavy atom. The van der Waals surface area contributed by atoms with E-state index in [4.69, 9.17) is 0 Å². The standard InChI is InChI=1S/C6H2F3S.5FH/c7-3-1-4(8)6(10)5(9)2-3;;;;;/h1-2H;5*1H. The minimum absolute atomic E-state index is 0. The van der Waals surface area contributed by atoms with E-state index >= 15 is 0 Å². The van der Waals surface area contributed by atoms with Gasteiger partial charge in [0.1, 0.15) is 22.3 Å². The molecular formula is C6H7F8S. The Bertz CT molecular complexity index is 242. The van der Waals surface area contributed by atoms with Gasteiger partial charge >= 0.3 is 0 Å². The Balaban J connectivity index is -0.0000000667. The van der Waals surface area contributed by atoms with Gasteiger partial charge in [-0.1, -0.05) is 12.6 Å². The van der Waals surface area contributed by atoms with Crippen LogP contribution in [0.2, 0.25) is 0 Å². The molecule has 0 N–H and O–H groups in total. The number of halogens is 8. The van der Waals surface area contributed by atoms with Gasteiger partial charge in [0.25, 0.3) is 0 Å². The van der Waals surface area contributed by atoms with Crippen LogP contribution in [0.1, 0.15) is 0 Å². The van der Waals surface area contributed by atoms with Gasteiger partial charge in [0.15, 0.2) is 0 Å². The summed E-state index contributed by atoms with van der Waals surface area (Å²) in [5.74, 6) is -3.02. The van der Waals surface area contributed by atoms with Gasteiger partial charge in [-0.15, -0.1) is 0 Å². The van der Waals surface area contributed by atoms with E-state index in [2.05, 4.69) is 12.6 Å². The fourth-order valence-corrected chi connectivity index (χ4v) is 0.647. The molecule has 1 rings (SSSR count). The van der Waals surface area contributed by atoms with Crippen molar-refractivity contribution in [3.63, 3.8) is 0 Å². The molecule has 0 aliphatic carbocycles. The molecule has 0 heterocycles. The monoisotopic (exact) mass is 263 g/mol. The summed E-state index contributed by atoms with van der Waals surface area (Å²) in [5, 5.41) is 0. The third-order valence-corrected chi connectivity index (χ3v) is 1.35. The summed E-state index contributed by atoms with van der Waals surface area (Å²) in [6.07, 6.45) is 0. The molecule has 0 amide bonds. The van der Waals surface area contributed by atoms with Crippen molar-refractivity contribution in [3.05, 3.63) is 29.6 Å². The molecule has 0 aliphatic rings. The highest BCUT2D eigenvalue weighted by Crippen LogP contribution is 2.17. The average Bonchev–Trinajstić information content (AvgIpc) is 1.82. The predicted octanol–water partition coefficient (Wildman–Crippen LogP) is 3.42. The van der Waals surface area contributed by atoms with Crippen LogP contribution in [0.15, 0.2) is 17.0 Å². The first-order valence-electron chi connectivity index (χ1n) is 2.43. The first-order valence-corrected chi connectivity index (χ1v) is 2.83. The normalized spacial score (nSPS) is 6.60. The van der Waals surface area contributed by atoms with Gasteiger partial charge in [0.05, 0.1) is 0 Å². The summed E-state index contributed by atoms with van der Waals surface area (Å²) < 4.78 is 36.6. The van der Waals surface area contributed by atoms with E-state index in [9.17, 15) is 13.2 Å². The maximum absolute atomic E-state index is 12.3. The second kappa shape index (κ2) is 11.0. The molecule has 0 saturated heterocycles. The van der Waals surface area contributed by atoms with Crippen molar-refractivity contribution in [2.45, 2.75) is 4.90 Å². The molecule has 0 bridgehead atoms. The Labute approximate surface area is 84.7 Å². The number of hydrogen-bond acceptors (Lipinski definition) is 0. The third kappa shape index (κ3) is 6.89. The largest absolute Gasteiger partial charge is 0.269 e. The second-order valence-corrected chi connectivity index (χ2v) is 2.11. The quantitative estimate of drug-likeness (QED) is 0.629. The summed E-state index contributed by atoms with van der Waals surface area (Å²) >= 11 is 4.24. The minimum atomic E-state index is -1.03. The van der Waals surface area contributed by atoms with Crippen molar-refractivity contribution in [2.75, 3.05) is 0 Å². The highest BCUT2D eigenvalue weighted by atomic mass is 32.1. The van der Waals surface area contributed by atoms with Crippen LogP contribution in [0.4, 0.5) is 36.7 Å². The summed E-state index contributed by atoms with van der Waals surface area (Å²) in [6, 6.07) is 1.09. The maximum atomic E-state index is 12.3. The van der Waals surface area contributed by atoms with Crippen molar-refractivity contribution < 1.29 is 36.7 Å². The van der Waals surface area contributed by atoms with Crippen LogP contribution in [0, 0.1) is 17.5 Å². The molecule has 0 spiro atoms. The fourth-order valence-electron chi connectivity index (χ4n) is 0.529. The van der Waals surface area contributed by atoms with Crippen molar-refractivity contribution in [3.8, 4) is 0 Å². The van der Waals surface area contributed by atoms with E-state index in [0.717, 1.165) is 0 Å². The van der Waals surface area contributed by atoms with Crippen LogP contribution in [-0.2, 0) is 0 Å². The highest BCUT2D eigenvalue weighted by Gasteiger charge is 2.07. The lowest BCUT2D eigenvalue weighted by Crippen LogP contribution is -1.86. The van der Waals surface area contributed by atoms with Gasteiger partial charge in [0, 0.05) is 12.1 Å². The minimum Gasteiger partial charge on any atom is -0.269 e. The molecule has 0 unspecified atom stereocenters. The highest BCUT2D eigenvalue weighted by molar-refractivity contribution is 7.80. The Morgan fingerprint density at radius 3 is 1.27 bits per heavy atom. The fraction of sp³-hybridized carbons (Fsp3) is 0. The molecule has 0 fully saturated rings. The van der Waals surface area contributed by atoms with E-state index in [1.165, 1.54) is 0 Å². The lowest BCUT2D eigenvalue weighted by atomic mass is 10.3. The zero-order valence-electron chi connectivity index (χ0n) is 6.74. The van der Waals surface area contributed by atoms with Crippen LogP contribution >= 0.6 is 12.6 Å². The molecule has 1 radical (unpaired) electrons. The molecule has 0 aromatic heterocycles. The molecule has 0 aliphatic heterocycles. The van der Waals surface area contributed by atoms with Gasteiger partial charge in [0.2, 0.25) is 0 Å². The predicted molar refractivity (Wildman–Crippen MR) is 44.7 cm³/mol. The number of rotatable bonds is 0. The molecule has 15 heavy (non-hydrogen) atoms. The molecule has 0 atom stereocenters. The summed E-state index contributed by atoms with van der Waals surface area (Å²) in [5.41, 5.74) is 0. The molecule has 0 nitrogen and oxygen atoms in total. The van der Waals surface area contributed by atoms with Gasteiger partial charge in [-0.25, -0.2) is 13.2 Å². The van der Waals surface area contributed by atoms with Gasteiger partial charge < -0.3 is 0 Å². The topological polar surface area (TPSA) is 0 Å². The Hall–Kier alpha value is -1.12. The van der Waals surface area contributed by atoms with Crippen LogP contribution in [-0.4, -0.2) is 0 Å². The molecule has 0 saturated carbocycles. The smallest absolute Gasteiger partial charge is 0.147 e. The first-order chi connectivity index (χ1) is 4.61. The van der Waals surface area contributed by atoms with Crippen LogP contribution in [0.5, 0.6) is 0 Å². The number of hydrogen-bond donors (Lipinski definition) is 0. The van der Waals surface area contributed by atoms with Crippen molar-refractivity contribution in [1.82, 2.24) is 0 Å². The van der Waals surface area contributed by atoms with Crippen molar-refractivity contribution in [1.29, 1.82) is 0 Å². The van der Waals surface area contributed by atoms with E-state index in [-0.39, 0.29) is 23.5 Å². The SMILES string of the molecule is F.F.F.F.F.Fc1cc(F)c([S])c(F)c1. The summed E-state index contributed by atoms with van der Waals surface area (Å²) in [7, 11) is 0. The molecule has 9 heteroatoms. The maximum Gasteiger partial charge on any atom is 0.147 e. The Kier molecular flexibility index (Phi) is 21.3. The van der Waals surface area contributed by atoms with Gasteiger partial charge in [-0.2, -0.15) is 0 Å². The van der Waals surface area contributed by atoms with Gasteiger partial charge in [-0.3, -0.25) is 23.5 Å². The lowest BCUT2D eigenvalue weighted by Gasteiger charge is -1.94. The molecule has 1 aromatic carbocycles. The summed E-state index contributed by atoms with van der Waals surface area (Å²) in [6.45, 7) is 0. The lowest BCUT2D eigenvalue weighted by molar-refractivity contribution is 0.511. The molecule has 1 aromatic rings. The number of benzene rings is 1. The van der Waals surface area contributed by atoms with E-state index in [0.29, 0.717) is 12.1 Å². The Morgan fingerprint density at radius 2 is 1.00 bits per heavy atom. The average molecular weight is 263 g/mol. The second-order valence-electron chi connectivity index (χ2n) is 1.70. The van der Waals surface area contributed by atoms with Crippen LogP contribution in [0.3, 0.4) is 0 Å². The van der Waals surface area contributed by atoms with Crippen molar-refractivity contribution in [2.24, 2.45) is 0 Å². The van der Waals surface area contributed by atoms with Crippen LogP contribution in [0.25, 0.3) is 0 Å². The van der Waals surface area contributed by atoms with E-state index < -0.39 is 22.3 Å².